The molecule has 5 rings (SSSR count). The van der Waals surface area contributed by atoms with Gasteiger partial charge in [0.05, 0.1) is 12.2 Å². The first kappa shape index (κ1) is 19.8. The lowest BCUT2D eigenvalue weighted by molar-refractivity contribution is 0.0995. The monoisotopic (exact) mass is 417 g/mol. The van der Waals surface area contributed by atoms with Crippen LogP contribution in [0.4, 0.5) is 5.82 Å². The average molecular weight is 418 g/mol. The summed E-state index contributed by atoms with van der Waals surface area (Å²) in [7, 11) is 1.91. The van der Waals surface area contributed by atoms with E-state index < -0.39 is 0 Å². The summed E-state index contributed by atoms with van der Waals surface area (Å²) in [5, 5.41) is 11.5. The highest BCUT2D eigenvalue weighted by Crippen LogP contribution is 2.38. The minimum atomic E-state index is -0.00898. The van der Waals surface area contributed by atoms with Crippen LogP contribution in [-0.4, -0.2) is 37.7 Å². The maximum atomic E-state index is 13.4. The zero-order valence-electron chi connectivity index (χ0n) is 18.2. The first-order valence-corrected chi connectivity index (χ1v) is 10.9. The highest BCUT2D eigenvalue weighted by atomic mass is 16.2. The molecule has 1 aliphatic carbocycles. The molecule has 4 heterocycles. The minimum Gasteiger partial charge on any atom is -0.314 e. The Balaban J connectivity index is 1.51. The number of carbonyl (C=O) groups excluding carboxylic acids is 1. The number of aromatic nitrogens is 5. The van der Waals surface area contributed by atoms with Crippen LogP contribution in [0.25, 0.3) is 11.5 Å². The first-order chi connectivity index (χ1) is 15.1. The number of hydrogen-bond donors (Lipinski definition) is 1. The fourth-order valence-corrected chi connectivity index (χ4v) is 4.30. The van der Waals surface area contributed by atoms with E-state index in [-0.39, 0.29) is 11.9 Å². The Morgan fingerprint density at radius 1 is 1.23 bits per heavy atom. The van der Waals surface area contributed by atoms with Gasteiger partial charge in [-0.3, -0.25) is 14.7 Å². The van der Waals surface area contributed by atoms with Crippen LogP contribution in [0.5, 0.6) is 0 Å². The number of amides is 1. The van der Waals surface area contributed by atoms with Crippen molar-refractivity contribution in [2.75, 3.05) is 11.9 Å². The molecular weight excluding hydrogens is 390 g/mol. The second-order valence-electron chi connectivity index (χ2n) is 8.61. The lowest BCUT2D eigenvalue weighted by Gasteiger charge is -2.25. The molecule has 3 aromatic rings. The van der Waals surface area contributed by atoms with E-state index in [0.717, 1.165) is 35.4 Å². The summed E-state index contributed by atoms with van der Waals surface area (Å²) < 4.78 is 1.98. The maximum absolute atomic E-state index is 13.4. The molecule has 2 aliphatic rings. The molecule has 1 fully saturated rings. The second-order valence-corrected chi connectivity index (χ2v) is 8.61. The summed E-state index contributed by atoms with van der Waals surface area (Å²) in [6.45, 7) is 5.28. The largest absolute Gasteiger partial charge is 0.314 e. The molecule has 1 aliphatic heterocycles. The predicted octanol–water partition coefficient (Wildman–Crippen LogP) is 3.46. The van der Waals surface area contributed by atoms with Gasteiger partial charge in [0.15, 0.2) is 5.82 Å². The predicted molar refractivity (Wildman–Crippen MR) is 118 cm³/mol. The molecule has 3 aromatic heterocycles. The Hall–Kier alpha value is -3.13. The number of carbonyl (C=O) groups is 1. The molecule has 0 bridgehead atoms. The van der Waals surface area contributed by atoms with E-state index in [9.17, 15) is 4.79 Å². The molecule has 0 atom stereocenters. The lowest BCUT2D eigenvalue weighted by Crippen LogP contribution is -2.24. The smallest absolute Gasteiger partial charge is 0.260 e. The molecule has 31 heavy (non-hydrogen) atoms. The zero-order chi connectivity index (χ0) is 21.5. The molecular formula is C23H27N7O. The number of nitrogens with one attached hydrogen (secondary N) is 1. The highest BCUT2D eigenvalue weighted by Gasteiger charge is 2.34. The average Bonchev–Trinajstić information content (AvgIpc) is 3.33. The number of anilines is 1. The second kappa shape index (κ2) is 7.85. The Bertz CT molecular complexity index is 1130. The van der Waals surface area contributed by atoms with Gasteiger partial charge < -0.3 is 9.88 Å². The third-order valence-corrected chi connectivity index (χ3v) is 6.26. The number of fused-ring (bicyclic) bond motifs is 1. The van der Waals surface area contributed by atoms with Crippen molar-refractivity contribution < 1.29 is 4.79 Å². The molecule has 0 spiro atoms. The van der Waals surface area contributed by atoms with E-state index in [0.29, 0.717) is 36.3 Å². The van der Waals surface area contributed by atoms with Crippen LogP contribution in [0, 0.1) is 0 Å². The minimum absolute atomic E-state index is 0.00898. The van der Waals surface area contributed by atoms with Crippen molar-refractivity contribution >= 4 is 11.7 Å². The van der Waals surface area contributed by atoms with Gasteiger partial charge in [0.25, 0.3) is 5.91 Å². The van der Waals surface area contributed by atoms with Gasteiger partial charge in [0.2, 0.25) is 0 Å². The van der Waals surface area contributed by atoms with Crippen LogP contribution < -0.4 is 10.2 Å². The molecule has 0 saturated heterocycles. The summed E-state index contributed by atoms with van der Waals surface area (Å²) in [6, 6.07) is 7.93. The van der Waals surface area contributed by atoms with Gasteiger partial charge in [-0.25, -0.2) is 4.98 Å². The Morgan fingerprint density at radius 3 is 2.77 bits per heavy atom. The number of hydrogen-bond acceptors (Lipinski definition) is 6. The number of nitrogens with zero attached hydrogens (tertiary/aromatic N) is 6. The molecule has 8 nitrogen and oxygen atoms in total. The normalized spacial score (nSPS) is 16.1. The van der Waals surface area contributed by atoms with Crippen LogP contribution in [0.2, 0.25) is 0 Å². The van der Waals surface area contributed by atoms with Gasteiger partial charge in [-0.2, -0.15) is 0 Å². The van der Waals surface area contributed by atoms with E-state index in [2.05, 4.69) is 29.4 Å². The van der Waals surface area contributed by atoms with E-state index in [4.69, 9.17) is 9.97 Å². The molecule has 8 heteroatoms. The van der Waals surface area contributed by atoms with Crippen LogP contribution in [0.1, 0.15) is 72.4 Å². The van der Waals surface area contributed by atoms with Crippen LogP contribution in [0.15, 0.2) is 30.6 Å². The van der Waals surface area contributed by atoms with E-state index >= 15 is 0 Å². The van der Waals surface area contributed by atoms with Gasteiger partial charge >= 0.3 is 0 Å². The standard InChI is InChI=1S/C23H27N7O/c1-14(2)30-13-25-28-22(30)18-8-5-9-21(27-18)29-12-17-16(23(29)31)10-19(15-6-4-7-15)26-20(17)11-24-3/h5,8-10,13-15,24H,4,6-7,11-12H2,1-3H3. The first-order valence-electron chi connectivity index (χ1n) is 10.9. The van der Waals surface area contributed by atoms with Crippen molar-refractivity contribution in [1.82, 2.24) is 30.0 Å². The van der Waals surface area contributed by atoms with Gasteiger partial charge in [0.1, 0.15) is 17.8 Å². The van der Waals surface area contributed by atoms with Gasteiger partial charge in [-0.15, -0.1) is 10.2 Å². The lowest BCUT2D eigenvalue weighted by atomic mass is 9.82. The fourth-order valence-electron chi connectivity index (χ4n) is 4.30. The van der Waals surface area contributed by atoms with E-state index in [1.54, 1.807) is 11.2 Å². The molecule has 0 radical (unpaired) electrons. The molecule has 1 amide bonds. The summed E-state index contributed by atoms with van der Waals surface area (Å²) in [4.78, 5) is 24.9. The molecule has 1 N–H and O–H groups in total. The Morgan fingerprint density at radius 2 is 2.06 bits per heavy atom. The quantitative estimate of drug-likeness (QED) is 0.661. The van der Waals surface area contributed by atoms with Crippen molar-refractivity contribution in [3.8, 4) is 11.5 Å². The Kier molecular flexibility index (Phi) is 5.02. The third-order valence-electron chi connectivity index (χ3n) is 6.26. The molecule has 1 saturated carbocycles. The van der Waals surface area contributed by atoms with Gasteiger partial charge in [-0.05, 0) is 51.9 Å². The Labute approximate surface area is 181 Å². The molecule has 0 unspecified atom stereocenters. The SMILES string of the molecule is CNCc1nc(C2CCC2)cc2c1CN(c1cccc(-c3nncn3C(C)C)n1)C2=O. The van der Waals surface area contributed by atoms with E-state index in [1.165, 1.54) is 6.42 Å². The van der Waals surface area contributed by atoms with Crippen molar-refractivity contribution in [3.05, 3.63) is 53.1 Å². The zero-order valence-corrected chi connectivity index (χ0v) is 18.2. The molecule has 160 valence electrons. The van der Waals surface area contributed by atoms with Crippen molar-refractivity contribution in [1.29, 1.82) is 0 Å². The highest BCUT2D eigenvalue weighted by molar-refractivity contribution is 6.09. The van der Waals surface area contributed by atoms with Crippen molar-refractivity contribution in [2.45, 2.75) is 58.2 Å². The van der Waals surface area contributed by atoms with Crippen LogP contribution in [0.3, 0.4) is 0 Å². The molecule has 0 aromatic carbocycles. The van der Waals surface area contributed by atoms with Crippen molar-refractivity contribution in [3.63, 3.8) is 0 Å². The summed E-state index contributed by atoms with van der Waals surface area (Å²) in [6.07, 6.45) is 5.26. The maximum Gasteiger partial charge on any atom is 0.260 e. The van der Waals surface area contributed by atoms with E-state index in [1.807, 2.05) is 35.9 Å². The van der Waals surface area contributed by atoms with Gasteiger partial charge in [0, 0.05) is 35.3 Å². The van der Waals surface area contributed by atoms with Crippen LogP contribution in [-0.2, 0) is 13.1 Å². The van der Waals surface area contributed by atoms with Gasteiger partial charge in [-0.1, -0.05) is 12.5 Å². The topological polar surface area (TPSA) is 88.8 Å². The summed E-state index contributed by atoms with van der Waals surface area (Å²) >= 11 is 0. The third kappa shape index (κ3) is 3.40. The summed E-state index contributed by atoms with van der Waals surface area (Å²) in [5.74, 6) is 1.79. The van der Waals surface area contributed by atoms with Crippen LogP contribution >= 0.6 is 0 Å². The fraction of sp³-hybridized carbons (Fsp3) is 0.435. The number of rotatable bonds is 6. The summed E-state index contributed by atoms with van der Waals surface area (Å²) in [5.41, 5.74) is 4.49. The number of pyridine rings is 2. The van der Waals surface area contributed by atoms with Crippen molar-refractivity contribution in [2.24, 2.45) is 0 Å².